The number of nitrogens with one attached hydrogen (secondary N) is 2. The molecule has 0 bridgehead atoms. The molecule has 12 nitrogen and oxygen atoms in total. The average Bonchev–Trinajstić information content (AvgIpc) is 3.57. The van der Waals surface area contributed by atoms with Gasteiger partial charge in [0.1, 0.15) is 16.7 Å². The van der Waals surface area contributed by atoms with E-state index < -0.39 is 18.1 Å². The van der Waals surface area contributed by atoms with Crippen LogP contribution in [0.5, 0.6) is 0 Å². The number of nitrogens with zero attached hydrogens (tertiary/aromatic N) is 3. The molecule has 4 atom stereocenters. The summed E-state index contributed by atoms with van der Waals surface area (Å²) in [5, 5.41) is 8.26. The molecule has 49 heavy (non-hydrogen) atoms. The Hall–Kier alpha value is -3.06. The number of thiazole rings is 1. The summed E-state index contributed by atoms with van der Waals surface area (Å²) in [4.78, 5) is 73.5. The first-order valence-corrected chi connectivity index (χ1v) is 19.0. The molecule has 1 aliphatic carbocycles. The molecule has 1 unspecified atom stereocenters. The smallest absolute Gasteiger partial charge is 0.308 e. The number of likely N-dealkylation sites (tertiary alicyclic amines) is 1. The van der Waals surface area contributed by atoms with E-state index in [-0.39, 0.29) is 71.7 Å². The number of carbonyl (C=O) groups is 5. The normalized spacial score (nSPS) is 21.8. The van der Waals surface area contributed by atoms with Crippen molar-refractivity contribution in [1.29, 1.82) is 0 Å². The quantitative estimate of drug-likeness (QED) is 0.230. The fourth-order valence-corrected chi connectivity index (χ4v) is 7.84. The molecule has 3 rings (SSSR count). The summed E-state index contributed by atoms with van der Waals surface area (Å²) in [7, 11) is 3.13. The van der Waals surface area contributed by atoms with E-state index in [0.717, 1.165) is 45.2 Å². The topological polar surface area (TPSA) is 147 Å². The molecular weight excluding hydrogens is 646 g/mol. The summed E-state index contributed by atoms with van der Waals surface area (Å²) in [5.74, 6) is -1.60. The number of esters is 2. The number of hydrogen-bond donors (Lipinski definition) is 2. The van der Waals surface area contributed by atoms with Gasteiger partial charge in [-0.25, -0.2) is 4.98 Å². The Morgan fingerprint density at radius 2 is 1.73 bits per heavy atom. The highest BCUT2D eigenvalue weighted by molar-refractivity contribution is 7.09. The Morgan fingerprint density at radius 3 is 2.33 bits per heavy atom. The second-order valence-electron chi connectivity index (χ2n) is 14.3. The molecule has 1 aromatic rings. The van der Waals surface area contributed by atoms with Crippen molar-refractivity contribution >= 4 is 41.0 Å². The van der Waals surface area contributed by atoms with Crippen LogP contribution in [-0.2, 0) is 28.7 Å². The lowest BCUT2D eigenvalue weighted by Gasteiger charge is -2.38. The lowest BCUT2D eigenvalue weighted by molar-refractivity contribution is -0.149. The monoisotopic (exact) mass is 705 g/mol. The second-order valence-corrected chi connectivity index (χ2v) is 15.2. The molecule has 13 heteroatoms. The number of carbonyl (C=O) groups excluding carboxylic acids is 5. The van der Waals surface area contributed by atoms with Crippen molar-refractivity contribution in [1.82, 2.24) is 25.4 Å². The van der Waals surface area contributed by atoms with Gasteiger partial charge in [-0.3, -0.25) is 28.9 Å². The highest BCUT2D eigenvalue weighted by Gasteiger charge is 2.37. The average molecular weight is 706 g/mol. The van der Waals surface area contributed by atoms with Gasteiger partial charge in [0.2, 0.25) is 11.8 Å². The molecule has 3 amide bonds. The molecule has 1 aliphatic heterocycles. The van der Waals surface area contributed by atoms with Gasteiger partial charge in [-0.15, -0.1) is 11.3 Å². The molecule has 276 valence electrons. The maximum atomic E-state index is 14.1. The van der Waals surface area contributed by atoms with Crippen molar-refractivity contribution in [2.45, 2.75) is 136 Å². The molecule has 2 aliphatic rings. The zero-order chi connectivity index (χ0) is 36.2. The van der Waals surface area contributed by atoms with Gasteiger partial charge in [0.05, 0.1) is 19.1 Å². The van der Waals surface area contributed by atoms with Gasteiger partial charge in [0.25, 0.3) is 5.91 Å². The summed E-state index contributed by atoms with van der Waals surface area (Å²) in [6, 6.07) is -1.37. The number of piperidine rings is 1. The van der Waals surface area contributed by atoms with Gasteiger partial charge in [-0.05, 0) is 69.9 Å². The number of unbranched alkanes of at least 4 members (excludes halogenated alkanes) is 1. The van der Waals surface area contributed by atoms with Crippen LogP contribution in [0, 0.1) is 17.8 Å². The largest absolute Gasteiger partial charge is 0.469 e. The third kappa shape index (κ3) is 11.5. The Bertz CT molecular complexity index is 1260. The molecule has 0 aromatic carbocycles. The molecule has 2 heterocycles. The minimum absolute atomic E-state index is 0.0127. The van der Waals surface area contributed by atoms with Crippen molar-refractivity contribution in [2.24, 2.45) is 17.8 Å². The predicted octanol–water partition coefficient (Wildman–Crippen LogP) is 4.88. The van der Waals surface area contributed by atoms with Gasteiger partial charge in [-0.2, -0.15) is 0 Å². The number of ether oxygens (including phenoxy) is 2. The van der Waals surface area contributed by atoms with Crippen LogP contribution in [-0.4, -0.2) is 95.9 Å². The number of likely N-dealkylation sites (N-methyl/N-ethyl adjacent to an activating group) is 1. The number of amides is 3. The first kappa shape index (κ1) is 40.4. The Balaban J connectivity index is 1.71. The van der Waals surface area contributed by atoms with E-state index in [2.05, 4.69) is 27.4 Å². The standard InChI is InChI=1S/C36H59N5O7S/c1-9-10-18-41-19-12-11-13-28(41)33(44)39-31(23(4)5)35(45)40(7)29(22(2)3)20-30(48-24(6)42)34-38-27(21-49-34)32(43)37-26-16-14-25(15-17-26)36(46)47-8/h21-23,25-26,28-31H,9-20H2,1-8H3,(H,37,43)(H,39,44)/t25?,26?,28?,29-,30-,31+/m1/s1. The SMILES string of the molecule is CCCCN1CCCCC1C(=O)N[C@H](C(=O)N(C)[C@H](C[C@@H](OC(C)=O)c1nc(C(=O)NC2CCC(C(=O)OC)CC2)cs1)C(C)C)C(C)C. The van der Waals surface area contributed by atoms with Crippen molar-refractivity contribution in [3.05, 3.63) is 16.1 Å². The molecule has 1 saturated heterocycles. The summed E-state index contributed by atoms with van der Waals surface area (Å²) < 4.78 is 10.6. The highest BCUT2D eigenvalue weighted by Crippen LogP contribution is 2.31. The third-order valence-electron chi connectivity index (χ3n) is 9.95. The first-order chi connectivity index (χ1) is 23.3. The molecular formula is C36H59N5O7S. The van der Waals surface area contributed by atoms with Crippen LogP contribution in [0.4, 0.5) is 0 Å². The van der Waals surface area contributed by atoms with E-state index in [4.69, 9.17) is 9.47 Å². The summed E-state index contributed by atoms with van der Waals surface area (Å²) in [5.41, 5.74) is 0.232. The Kier molecular flexibility index (Phi) is 16.0. The van der Waals surface area contributed by atoms with Gasteiger partial charge >= 0.3 is 11.9 Å². The lowest BCUT2D eigenvalue weighted by Crippen LogP contribution is -2.58. The van der Waals surface area contributed by atoms with E-state index in [1.54, 1.807) is 17.3 Å². The number of aromatic nitrogens is 1. The summed E-state index contributed by atoms with van der Waals surface area (Å²) >= 11 is 1.24. The van der Waals surface area contributed by atoms with E-state index in [1.807, 2.05) is 27.7 Å². The van der Waals surface area contributed by atoms with Gasteiger partial charge in [0, 0.05) is 37.9 Å². The van der Waals surface area contributed by atoms with E-state index in [0.29, 0.717) is 30.7 Å². The second kappa shape index (κ2) is 19.4. The fourth-order valence-electron chi connectivity index (χ4n) is 7.00. The first-order valence-electron chi connectivity index (χ1n) is 18.1. The number of hydrogen-bond acceptors (Lipinski definition) is 10. The molecule has 2 N–H and O–H groups in total. The summed E-state index contributed by atoms with van der Waals surface area (Å²) in [6.45, 7) is 13.1. The molecule has 1 aromatic heterocycles. The maximum absolute atomic E-state index is 14.1. The van der Waals surface area contributed by atoms with Crippen molar-refractivity contribution in [2.75, 3.05) is 27.2 Å². The summed E-state index contributed by atoms with van der Waals surface area (Å²) in [6.07, 6.45) is 7.09. The Morgan fingerprint density at radius 1 is 1.04 bits per heavy atom. The molecule has 2 fully saturated rings. The molecule has 0 spiro atoms. The lowest BCUT2D eigenvalue weighted by atomic mass is 9.86. The zero-order valence-electron chi connectivity index (χ0n) is 30.8. The zero-order valence-corrected chi connectivity index (χ0v) is 31.6. The van der Waals surface area contributed by atoms with E-state index in [9.17, 15) is 24.0 Å². The van der Waals surface area contributed by atoms with E-state index >= 15 is 0 Å². The van der Waals surface area contributed by atoms with Crippen molar-refractivity contribution in [3.63, 3.8) is 0 Å². The van der Waals surface area contributed by atoms with Crippen LogP contribution in [0.15, 0.2) is 5.38 Å². The van der Waals surface area contributed by atoms with Gasteiger partial charge in [0.15, 0.2) is 6.10 Å². The highest BCUT2D eigenvalue weighted by atomic mass is 32.1. The third-order valence-corrected chi connectivity index (χ3v) is 10.9. The van der Waals surface area contributed by atoms with Gasteiger partial charge < -0.3 is 25.0 Å². The number of rotatable bonds is 16. The van der Waals surface area contributed by atoms with Crippen LogP contribution >= 0.6 is 11.3 Å². The van der Waals surface area contributed by atoms with Gasteiger partial charge in [-0.1, -0.05) is 47.5 Å². The van der Waals surface area contributed by atoms with Crippen LogP contribution in [0.3, 0.4) is 0 Å². The van der Waals surface area contributed by atoms with Crippen LogP contribution < -0.4 is 10.6 Å². The van der Waals surface area contributed by atoms with Crippen molar-refractivity contribution in [3.8, 4) is 0 Å². The van der Waals surface area contributed by atoms with Crippen molar-refractivity contribution < 1.29 is 33.4 Å². The molecule has 1 saturated carbocycles. The van der Waals surface area contributed by atoms with Crippen LogP contribution in [0.1, 0.15) is 127 Å². The number of methoxy groups -OCH3 is 1. The van der Waals surface area contributed by atoms with E-state index in [1.165, 1.54) is 25.4 Å². The van der Waals surface area contributed by atoms with Crippen LogP contribution in [0.25, 0.3) is 0 Å². The predicted molar refractivity (Wildman–Crippen MR) is 189 cm³/mol. The molecule has 0 radical (unpaired) electrons. The van der Waals surface area contributed by atoms with Crippen LogP contribution in [0.2, 0.25) is 0 Å². The fraction of sp³-hybridized carbons (Fsp3) is 0.778. The Labute approximate surface area is 296 Å². The minimum Gasteiger partial charge on any atom is -0.469 e. The minimum atomic E-state index is -0.774. The maximum Gasteiger partial charge on any atom is 0.308 e.